The van der Waals surface area contributed by atoms with Crippen molar-refractivity contribution >= 4 is 27.6 Å². The SMILES string of the molecule is CCNc1ncnc(NCC2CC2C)c1Br. The van der Waals surface area contributed by atoms with Crippen molar-refractivity contribution in [2.75, 3.05) is 23.7 Å². The van der Waals surface area contributed by atoms with Gasteiger partial charge in [0.25, 0.3) is 0 Å². The van der Waals surface area contributed by atoms with Gasteiger partial charge in [-0.25, -0.2) is 9.97 Å². The fraction of sp³-hybridized carbons (Fsp3) is 0.636. The predicted molar refractivity (Wildman–Crippen MR) is 69.7 cm³/mol. The van der Waals surface area contributed by atoms with Gasteiger partial charge in [0.05, 0.1) is 0 Å². The van der Waals surface area contributed by atoms with Crippen LogP contribution in [-0.2, 0) is 0 Å². The predicted octanol–water partition coefficient (Wildman–Crippen LogP) is 2.74. The summed E-state index contributed by atoms with van der Waals surface area (Å²) in [6.45, 7) is 6.19. The first-order chi connectivity index (χ1) is 7.72. The molecule has 0 radical (unpaired) electrons. The van der Waals surface area contributed by atoms with Crippen LogP contribution in [0.5, 0.6) is 0 Å². The minimum atomic E-state index is 0.810. The molecule has 88 valence electrons. The second-order valence-electron chi connectivity index (χ2n) is 4.27. The summed E-state index contributed by atoms with van der Waals surface area (Å²) in [5.74, 6) is 3.40. The van der Waals surface area contributed by atoms with Gasteiger partial charge in [-0.05, 0) is 41.1 Å². The summed E-state index contributed by atoms with van der Waals surface area (Å²) in [6, 6.07) is 0. The van der Waals surface area contributed by atoms with Gasteiger partial charge in [0.1, 0.15) is 22.4 Å². The Morgan fingerprint density at radius 3 is 2.56 bits per heavy atom. The van der Waals surface area contributed by atoms with E-state index in [0.29, 0.717) is 0 Å². The number of anilines is 2. The quantitative estimate of drug-likeness (QED) is 0.873. The molecule has 16 heavy (non-hydrogen) atoms. The first-order valence-electron chi connectivity index (χ1n) is 5.70. The molecule has 5 heteroatoms. The Bertz CT molecular complexity index is 369. The summed E-state index contributed by atoms with van der Waals surface area (Å²) in [5.41, 5.74) is 0. The molecule has 1 aliphatic carbocycles. The van der Waals surface area contributed by atoms with Crippen LogP contribution in [0.3, 0.4) is 0 Å². The molecule has 2 unspecified atom stereocenters. The summed E-state index contributed by atoms with van der Waals surface area (Å²) in [4.78, 5) is 8.41. The fourth-order valence-corrected chi connectivity index (χ4v) is 2.18. The largest absolute Gasteiger partial charge is 0.369 e. The Balaban J connectivity index is 1.99. The molecule has 2 rings (SSSR count). The normalized spacial score (nSPS) is 22.9. The summed E-state index contributed by atoms with van der Waals surface area (Å²) in [6.07, 6.45) is 2.91. The van der Waals surface area contributed by atoms with Crippen LogP contribution in [0.25, 0.3) is 0 Å². The maximum Gasteiger partial charge on any atom is 0.145 e. The Labute approximate surface area is 104 Å². The van der Waals surface area contributed by atoms with E-state index in [4.69, 9.17) is 0 Å². The molecule has 2 atom stereocenters. The molecule has 1 aromatic heterocycles. The summed E-state index contributed by atoms with van der Waals surface area (Å²) >= 11 is 3.52. The van der Waals surface area contributed by atoms with Crippen LogP contribution in [0.4, 0.5) is 11.6 Å². The lowest BCUT2D eigenvalue weighted by Gasteiger charge is -2.10. The molecule has 2 N–H and O–H groups in total. The van der Waals surface area contributed by atoms with Crippen LogP contribution in [0.2, 0.25) is 0 Å². The van der Waals surface area contributed by atoms with Crippen LogP contribution in [-0.4, -0.2) is 23.1 Å². The minimum absolute atomic E-state index is 0.810. The Hall–Kier alpha value is -0.840. The van der Waals surface area contributed by atoms with Crippen molar-refractivity contribution in [1.82, 2.24) is 9.97 Å². The van der Waals surface area contributed by atoms with Crippen LogP contribution < -0.4 is 10.6 Å². The molecule has 0 spiro atoms. The lowest BCUT2D eigenvalue weighted by molar-refractivity contribution is 0.783. The molecule has 1 aliphatic rings. The molecular weight excluding hydrogens is 268 g/mol. The van der Waals surface area contributed by atoms with Crippen molar-refractivity contribution in [2.24, 2.45) is 11.8 Å². The average molecular weight is 285 g/mol. The third-order valence-corrected chi connectivity index (χ3v) is 3.69. The number of hydrogen-bond acceptors (Lipinski definition) is 4. The molecule has 0 aromatic carbocycles. The highest BCUT2D eigenvalue weighted by atomic mass is 79.9. The molecule has 1 heterocycles. The van der Waals surface area contributed by atoms with E-state index in [1.807, 2.05) is 6.92 Å². The van der Waals surface area contributed by atoms with Crippen LogP contribution >= 0.6 is 15.9 Å². The lowest BCUT2D eigenvalue weighted by atomic mass is 10.3. The Kier molecular flexibility index (Phi) is 3.63. The van der Waals surface area contributed by atoms with Crippen molar-refractivity contribution in [2.45, 2.75) is 20.3 Å². The van der Waals surface area contributed by atoms with Gasteiger partial charge in [0.2, 0.25) is 0 Å². The second-order valence-corrected chi connectivity index (χ2v) is 5.06. The molecule has 0 bridgehead atoms. The number of hydrogen-bond donors (Lipinski definition) is 2. The van der Waals surface area contributed by atoms with Gasteiger partial charge in [0, 0.05) is 13.1 Å². The number of aromatic nitrogens is 2. The summed E-state index contributed by atoms with van der Waals surface area (Å²) in [5, 5.41) is 6.56. The summed E-state index contributed by atoms with van der Waals surface area (Å²) < 4.78 is 0.921. The van der Waals surface area contributed by atoms with E-state index >= 15 is 0 Å². The van der Waals surface area contributed by atoms with Gasteiger partial charge in [0.15, 0.2) is 0 Å². The highest BCUT2D eigenvalue weighted by Gasteiger charge is 2.32. The van der Waals surface area contributed by atoms with E-state index in [-0.39, 0.29) is 0 Å². The van der Waals surface area contributed by atoms with Gasteiger partial charge in [-0.1, -0.05) is 6.92 Å². The highest BCUT2D eigenvalue weighted by Crippen LogP contribution is 2.38. The number of halogens is 1. The molecule has 0 amide bonds. The molecule has 0 saturated heterocycles. The molecule has 4 nitrogen and oxygen atoms in total. The smallest absolute Gasteiger partial charge is 0.145 e. The standard InChI is InChI=1S/C11H17BrN4/c1-3-13-10-9(12)11(16-6-15-10)14-5-8-4-7(8)2/h6-8H,3-5H2,1-2H3,(H2,13,14,15,16). The topological polar surface area (TPSA) is 49.8 Å². The lowest BCUT2D eigenvalue weighted by Crippen LogP contribution is -2.09. The maximum absolute atomic E-state index is 4.24. The van der Waals surface area contributed by atoms with Gasteiger partial charge < -0.3 is 10.6 Å². The zero-order chi connectivity index (χ0) is 11.5. The van der Waals surface area contributed by atoms with E-state index < -0.39 is 0 Å². The summed E-state index contributed by atoms with van der Waals surface area (Å²) in [7, 11) is 0. The monoisotopic (exact) mass is 284 g/mol. The third kappa shape index (κ3) is 2.64. The zero-order valence-electron chi connectivity index (χ0n) is 9.63. The molecule has 1 saturated carbocycles. The third-order valence-electron chi connectivity index (χ3n) is 2.94. The van der Waals surface area contributed by atoms with Crippen molar-refractivity contribution in [1.29, 1.82) is 0 Å². The van der Waals surface area contributed by atoms with Crippen molar-refractivity contribution in [3.8, 4) is 0 Å². The van der Waals surface area contributed by atoms with Crippen LogP contribution in [0.1, 0.15) is 20.3 Å². The maximum atomic E-state index is 4.24. The number of nitrogens with zero attached hydrogens (tertiary/aromatic N) is 2. The van der Waals surface area contributed by atoms with Gasteiger partial charge in [-0.2, -0.15) is 0 Å². The Morgan fingerprint density at radius 1 is 1.38 bits per heavy atom. The first-order valence-corrected chi connectivity index (χ1v) is 6.50. The zero-order valence-corrected chi connectivity index (χ0v) is 11.2. The van der Waals surface area contributed by atoms with Crippen LogP contribution in [0, 0.1) is 11.8 Å². The molecule has 0 aliphatic heterocycles. The molecular formula is C11H17BrN4. The van der Waals surface area contributed by atoms with Gasteiger partial charge in [-0.15, -0.1) is 0 Å². The van der Waals surface area contributed by atoms with E-state index in [1.165, 1.54) is 6.42 Å². The van der Waals surface area contributed by atoms with E-state index in [9.17, 15) is 0 Å². The van der Waals surface area contributed by atoms with Gasteiger partial charge in [-0.3, -0.25) is 0 Å². The Morgan fingerprint density at radius 2 is 2.00 bits per heavy atom. The highest BCUT2D eigenvalue weighted by molar-refractivity contribution is 9.10. The second kappa shape index (κ2) is 4.99. The van der Waals surface area contributed by atoms with Crippen molar-refractivity contribution in [3.63, 3.8) is 0 Å². The molecule has 1 aromatic rings. The average Bonchev–Trinajstić information content (AvgIpc) is 2.96. The van der Waals surface area contributed by atoms with Gasteiger partial charge >= 0.3 is 0 Å². The van der Waals surface area contributed by atoms with E-state index in [0.717, 1.165) is 41.0 Å². The van der Waals surface area contributed by atoms with E-state index in [1.54, 1.807) is 6.33 Å². The van der Waals surface area contributed by atoms with Crippen molar-refractivity contribution < 1.29 is 0 Å². The first kappa shape index (κ1) is 11.6. The number of nitrogens with one attached hydrogen (secondary N) is 2. The van der Waals surface area contributed by atoms with Crippen molar-refractivity contribution in [3.05, 3.63) is 10.8 Å². The van der Waals surface area contributed by atoms with Crippen LogP contribution in [0.15, 0.2) is 10.8 Å². The number of rotatable bonds is 5. The van der Waals surface area contributed by atoms with E-state index in [2.05, 4.69) is 43.5 Å². The minimum Gasteiger partial charge on any atom is -0.369 e. The molecule has 1 fully saturated rings. The fourth-order valence-electron chi connectivity index (χ4n) is 1.70.